The van der Waals surface area contributed by atoms with Gasteiger partial charge in [0, 0.05) is 0 Å². The van der Waals surface area contributed by atoms with Gasteiger partial charge < -0.3 is 10.5 Å². The zero-order chi connectivity index (χ0) is 10.8. The van der Waals surface area contributed by atoms with E-state index in [-0.39, 0.29) is 11.4 Å². The van der Waals surface area contributed by atoms with Crippen molar-refractivity contribution in [3.8, 4) is 0 Å². The first-order chi connectivity index (χ1) is 6.40. The standard InChI is InChI=1S/C8H12N4O2/c1-8(2,3)14-7(13)5-4-10-12-11-6(5)9/h4H,1-3H3,(H2,9,10,11). The molecule has 0 aromatic carbocycles. The Morgan fingerprint density at radius 3 is 2.64 bits per heavy atom. The number of hydrogen-bond donors (Lipinski definition) is 1. The maximum atomic E-state index is 11.5. The molecule has 14 heavy (non-hydrogen) atoms. The third kappa shape index (κ3) is 2.65. The molecular weight excluding hydrogens is 184 g/mol. The van der Waals surface area contributed by atoms with Crippen LogP contribution in [0.5, 0.6) is 0 Å². The van der Waals surface area contributed by atoms with E-state index in [2.05, 4.69) is 15.4 Å². The molecule has 2 N–H and O–H groups in total. The van der Waals surface area contributed by atoms with Crippen LogP contribution in [-0.2, 0) is 4.74 Å². The zero-order valence-corrected chi connectivity index (χ0v) is 8.31. The van der Waals surface area contributed by atoms with Crippen LogP contribution in [0.2, 0.25) is 0 Å². The summed E-state index contributed by atoms with van der Waals surface area (Å²) in [6, 6.07) is 0. The quantitative estimate of drug-likeness (QED) is 0.654. The number of aromatic nitrogens is 3. The summed E-state index contributed by atoms with van der Waals surface area (Å²) in [7, 11) is 0. The normalized spacial score (nSPS) is 11.1. The molecule has 1 aromatic heterocycles. The van der Waals surface area contributed by atoms with Gasteiger partial charge in [-0.3, -0.25) is 0 Å². The fourth-order valence-corrected chi connectivity index (χ4v) is 0.768. The first-order valence-electron chi connectivity index (χ1n) is 4.07. The number of carbonyl (C=O) groups is 1. The van der Waals surface area contributed by atoms with Gasteiger partial charge in [0.2, 0.25) is 0 Å². The van der Waals surface area contributed by atoms with Crippen LogP contribution in [0.15, 0.2) is 6.20 Å². The Morgan fingerprint density at radius 1 is 1.50 bits per heavy atom. The first-order valence-corrected chi connectivity index (χ1v) is 4.07. The minimum Gasteiger partial charge on any atom is -0.456 e. The lowest BCUT2D eigenvalue weighted by Crippen LogP contribution is -2.24. The molecule has 0 aliphatic rings. The Bertz CT molecular complexity index is 345. The number of nitrogens with two attached hydrogens (primary N) is 1. The summed E-state index contributed by atoms with van der Waals surface area (Å²) in [6.45, 7) is 5.30. The van der Waals surface area contributed by atoms with E-state index in [1.807, 2.05) is 0 Å². The monoisotopic (exact) mass is 196 g/mol. The summed E-state index contributed by atoms with van der Waals surface area (Å²) >= 11 is 0. The Morgan fingerprint density at radius 2 is 2.14 bits per heavy atom. The average molecular weight is 196 g/mol. The van der Waals surface area contributed by atoms with E-state index in [9.17, 15) is 4.79 Å². The molecule has 1 heterocycles. The van der Waals surface area contributed by atoms with Crippen molar-refractivity contribution < 1.29 is 9.53 Å². The molecule has 0 spiro atoms. The molecule has 0 unspecified atom stereocenters. The predicted octanol–water partition coefficient (Wildman–Crippen LogP) is 0.409. The Hall–Kier alpha value is -1.72. The number of carbonyl (C=O) groups excluding carboxylic acids is 1. The zero-order valence-electron chi connectivity index (χ0n) is 8.31. The van der Waals surface area contributed by atoms with Gasteiger partial charge in [0.05, 0.1) is 6.20 Å². The lowest BCUT2D eigenvalue weighted by atomic mass is 10.2. The van der Waals surface area contributed by atoms with E-state index in [4.69, 9.17) is 10.5 Å². The summed E-state index contributed by atoms with van der Waals surface area (Å²) in [5.41, 5.74) is 5.00. The summed E-state index contributed by atoms with van der Waals surface area (Å²) in [5, 5.41) is 10.2. The summed E-state index contributed by atoms with van der Waals surface area (Å²) in [4.78, 5) is 11.5. The molecule has 0 saturated carbocycles. The Labute approximate surface area is 81.5 Å². The minimum atomic E-state index is -0.563. The number of esters is 1. The third-order valence-corrected chi connectivity index (χ3v) is 1.29. The van der Waals surface area contributed by atoms with Crippen LogP contribution < -0.4 is 5.73 Å². The van der Waals surface area contributed by atoms with E-state index >= 15 is 0 Å². The summed E-state index contributed by atoms with van der Waals surface area (Å²) in [5.74, 6) is -0.522. The van der Waals surface area contributed by atoms with Crippen molar-refractivity contribution in [1.29, 1.82) is 0 Å². The Kier molecular flexibility index (Phi) is 2.64. The van der Waals surface area contributed by atoms with Crippen LogP contribution in [0, 0.1) is 0 Å². The van der Waals surface area contributed by atoms with Crippen molar-refractivity contribution >= 4 is 11.8 Å². The molecule has 0 radical (unpaired) electrons. The molecular formula is C8H12N4O2. The van der Waals surface area contributed by atoms with Gasteiger partial charge in [-0.2, -0.15) is 0 Å². The number of nitrogen functional groups attached to an aromatic ring is 1. The second kappa shape index (κ2) is 3.57. The predicted molar refractivity (Wildman–Crippen MR) is 49.4 cm³/mol. The van der Waals surface area contributed by atoms with Crippen LogP contribution >= 0.6 is 0 Å². The third-order valence-electron chi connectivity index (χ3n) is 1.29. The van der Waals surface area contributed by atoms with Gasteiger partial charge >= 0.3 is 5.97 Å². The molecule has 0 aliphatic carbocycles. The molecule has 1 rings (SSSR count). The van der Waals surface area contributed by atoms with Crippen LogP contribution in [0.1, 0.15) is 31.1 Å². The molecule has 0 bridgehead atoms. The summed E-state index contributed by atoms with van der Waals surface area (Å²) in [6.07, 6.45) is 1.23. The minimum absolute atomic E-state index is 0.0225. The maximum Gasteiger partial charge on any atom is 0.344 e. The van der Waals surface area contributed by atoms with Crippen molar-refractivity contribution in [3.05, 3.63) is 11.8 Å². The number of anilines is 1. The highest BCUT2D eigenvalue weighted by atomic mass is 16.6. The van der Waals surface area contributed by atoms with Crippen molar-refractivity contribution in [3.63, 3.8) is 0 Å². The molecule has 0 fully saturated rings. The second-order valence-corrected chi connectivity index (χ2v) is 3.73. The van der Waals surface area contributed by atoms with E-state index in [0.29, 0.717) is 0 Å². The highest BCUT2D eigenvalue weighted by Gasteiger charge is 2.20. The molecule has 0 saturated heterocycles. The number of ether oxygens (including phenoxy) is 1. The molecule has 1 aromatic rings. The van der Waals surface area contributed by atoms with Gasteiger partial charge in [-0.05, 0) is 26.0 Å². The topological polar surface area (TPSA) is 91.0 Å². The Balaban J connectivity index is 2.86. The van der Waals surface area contributed by atoms with Gasteiger partial charge in [-0.15, -0.1) is 10.2 Å². The van der Waals surface area contributed by atoms with E-state index < -0.39 is 11.6 Å². The average Bonchev–Trinajstić information content (AvgIpc) is 2.01. The van der Waals surface area contributed by atoms with Crippen molar-refractivity contribution in [2.24, 2.45) is 0 Å². The highest BCUT2D eigenvalue weighted by molar-refractivity contribution is 5.93. The van der Waals surface area contributed by atoms with Crippen LogP contribution in [-0.4, -0.2) is 27.0 Å². The van der Waals surface area contributed by atoms with Crippen molar-refractivity contribution in [2.45, 2.75) is 26.4 Å². The first kappa shape index (κ1) is 10.4. The molecule has 6 nitrogen and oxygen atoms in total. The molecule has 6 heteroatoms. The molecule has 0 amide bonds. The van der Waals surface area contributed by atoms with Gasteiger partial charge in [-0.1, -0.05) is 0 Å². The number of hydrogen-bond acceptors (Lipinski definition) is 6. The van der Waals surface area contributed by atoms with Gasteiger partial charge in [-0.25, -0.2) is 4.79 Å². The molecule has 0 atom stereocenters. The highest BCUT2D eigenvalue weighted by Crippen LogP contribution is 2.13. The van der Waals surface area contributed by atoms with Crippen LogP contribution in [0.3, 0.4) is 0 Å². The molecule has 0 aliphatic heterocycles. The second-order valence-electron chi connectivity index (χ2n) is 3.73. The molecule has 76 valence electrons. The lowest BCUT2D eigenvalue weighted by Gasteiger charge is -2.19. The van der Waals surface area contributed by atoms with Gasteiger partial charge in [0.1, 0.15) is 11.2 Å². The van der Waals surface area contributed by atoms with E-state index in [0.717, 1.165) is 0 Å². The van der Waals surface area contributed by atoms with Crippen molar-refractivity contribution in [1.82, 2.24) is 15.4 Å². The van der Waals surface area contributed by atoms with Crippen LogP contribution in [0.4, 0.5) is 5.82 Å². The maximum absolute atomic E-state index is 11.5. The van der Waals surface area contributed by atoms with E-state index in [1.54, 1.807) is 20.8 Å². The van der Waals surface area contributed by atoms with Gasteiger partial charge in [0.15, 0.2) is 5.82 Å². The SMILES string of the molecule is CC(C)(C)OC(=O)c1cnnnc1N. The van der Waals surface area contributed by atoms with Crippen LogP contribution in [0.25, 0.3) is 0 Å². The summed E-state index contributed by atoms with van der Waals surface area (Å²) < 4.78 is 5.08. The van der Waals surface area contributed by atoms with E-state index in [1.165, 1.54) is 6.20 Å². The fraction of sp³-hybridized carbons (Fsp3) is 0.500. The lowest BCUT2D eigenvalue weighted by molar-refractivity contribution is 0.00696. The smallest absolute Gasteiger partial charge is 0.344 e. The van der Waals surface area contributed by atoms with Crippen molar-refractivity contribution in [2.75, 3.05) is 5.73 Å². The number of nitrogens with zero attached hydrogens (tertiary/aromatic N) is 3. The fourth-order valence-electron chi connectivity index (χ4n) is 0.768. The largest absolute Gasteiger partial charge is 0.456 e. The van der Waals surface area contributed by atoms with Gasteiger partial charge in [0.25, 0.3) is 0 Å². The number of rotatable bonds is 1.